The van der Waals surface area contributed by atoms with Crippen LogP contribution in [0.3, 0.4) is 0 Å². The van der Waals surface area contributed by atoms with Gasteiger partial charge in [-0.25, -0.2) is 0 Å². The van der Waals surface area contributed by atoms with E-state index in [4.69, 9.17) is 4.84 Å². The van der Waals surface area contributed by atoms with Crippen LogP contribution in [0.15, 0.2) is 18.2 Å². The minimum absolute atomic E-state index is 0.110. The average molecular weight is 238 g/mol. The highest BCUT2D eigenvalue weighted by molar-refractivity contribution is 5.83. The van der Waals surface area contributed by atoms with Crippen LogP contribution in [0.2, 0.25) is 0 Å². The Morgan fingerprint density at radius 3 is 2.76 bits per heavy atom. The van der Waals surface area contributed by atoms with Gasteiger partial charge in [-0.2, -0.15) is 5.48 Å². The highest BCUT2D eigenvalue weighted by Gasteiger charge is 2.22. The lowest BCUT2D eigenvalue weighted by molar-refractivity contribution is -0.126. The number of hydroxylamine groups is 1. The minimum Gasteiger partial charge on any atom is -0.392 e. The number of hydrogen-bond donors (Lipinski definition) is 3. The molecule has 5 heteroatoms. The number of aliphatic hydroxyl groups excluding tert-OH is 1. The molecule has 0 radical (unpaired) electrons. The second kappa shape index (κ2) is 6.34. The van der Waals surface area contributed by atoms with Gasteiger partial charge in [0.1, 0.15) is 6.04 Å². The van der Waals surface area contributed by atoms with Crippen molar-refractivity contribution in [2.75, 3.05) is 14.2 Å². The van der Waals surface area contributed by atoms with Gasteiger partial charge in [0.05, 0.1) is 13.7 Å². The van der Waals surface area contributed by atoms with Crippen LogP contribution in [0, 0.1) is 6.92 Å². The smallest absolute Gasteiger partial charge is 0.243 e. The molecule has 0 aliphatic carbocycles. The monoisotopic (exact) mass is 238 g/mol. The topological polar surface area (TPSA) is 70.6 Å². The molecular weight excluding hydrogens is 220 g/mol. The molecule has 0 aliphatic rings. The van der Waals surface area contributed by atoms with E-state index in [1.54, 1.807) is 13.1 Å². The molecule has 0 spiro atoms. The zero-order valence-electron chi connectivity index (χ0n) is 10.3. The molecule has 17 heavy (non-hydrogen) atoms. The van der Waals surface area contributed by atoms with Crippen LogP contribution in [0.4, 0.5) is 0 Å². The van der Waals surface area contributed by atoms with E-state index in [2.05, 4.69) is 10.8 Å². The molecule has 1 aromatic carbocycles. The van der Waals surface area contributed by atoms with Gasteiger partial charge in [-0.15, -0.1) is 0 Å². The molecule has 1 amide bonds. The molecule has 1 unspecified atom stereocenters. The van der Waals surface area contributed by atoms with Crippen LogP contribution in [-0.4, -0.2) is 25.2 Å². The first-order valence-electron chi connectivity index (χ1n) is 5.35. The van der Waals surface area contributed by atoms with Gasteiger partial charge in [0.25, 0.3) is 0 Å². The molecule has 0 saturated carbocycles. The first kappa shape index (κ1) is 13.6. The van der Waals surface area contributed by atoms with Crippen LogP contribution in [-0.2, 0) is 16.2 Å². The Morgan fingerprint density at radius 2 is 2.24 bits per heavy atom. The van der Waals surface area contributed by atoms with Crippen molar-refractivity contribution in [2.24, 2.45) is 0 Å². The standard InChI is InChI=1S/C12H18N2O3/c1-8-5-4-6-9(10(8)7-15)11(14-17-3)12(16)13-2/h4-6,11,14-15H,7H2,1-3H3,(H,13,16). The third-order valence-corrected chi connectivity index (χ3v) is 2.66. The van der Waals surface area contributed by atoms with Crippen molar-refractivity contribution in [3.63, 3.8) is 0 Å². The van der Waals surface area contributed by atoms with Crippen molar-refractivity contribution >= 4 is 5.91 Å². The number of aliphatic hydroxyl groups is 1. The van der Waals surface area contributed by atoms with E-state index in [-0.39, 0.29) is 12.5 Å². The fourth-order valence-corrected chi connectivity index (χ4v) is 1.73. The van der Waals surface area contributed by atoms with Crippen molar-refractivity contribution in [1.29, 1.82) is 0 Å². The number of hydrogen-bond acceptors (Lipinski definition) is 4. The maximum Gasteiger partial charge on any atom is 0.243 e. The Balaban J connectivity index is 3.17. The number of nitrogens with one attached hydrogen (secondary N) is 2. The normalized spacial score (nSPS) is 12.2. The second-order valence-electron chi connectivity index (χ2n) is 3.67. The number of aryl methyl sites for hydroxylation is 1. The molecule has 0 heterocycles. The van der Waals surface area contributed by atoms with Crippen molar-refractivity contribution in [2.45, 2.75) is 19.6 Å². The Morgan fingerprint density at radius 1 is 1.53 bits per heavy atom. The van der Waals surface area contributed by atoms with E-state index in [0.29, 0.717) is 5.56 Å². The largest absolute Gasteiger partial charge is 0.392 e. The SMILES string of the molecule is CNC(=O)C(NOC)c1cccc(C)c1CO. The maximum atomic E-state index is 11.7. The number of rotatable bonds is 5. The molecule has 94 valence electrons. The molecule has 0 aromatic heterocycles. The first-order chi connectivity index (χ1) is 8.15. The highest BCUT2D eigenvalue weighted by atomic mass is 16.6. The predicted octanol–water partition coefficient (Wildman–Crippen LogP) is 0.425. The van der Waals surface area contributed by atoms with Crippen molar-refractivity contribution in [3.05, 3.63) is 34.9 Å². The van der Waals surface area contributed by atoms with Crippen LogP contribution in [0.1, 0.15) is 22.7 Å². The number of carbonyl (C=O) groups excluding carboxylic acids is 1. The summed E-state index contributed by atoms with van der Waals surface area (Å²) in [6.07, 6.45) is 0. The summed E-state index contributed by atoms with van der Waals surface area (Å²) in [7, 11) is 3.01. The Labute approximate surface area is 101 Å². The zero-order valence-corrected chi connectivity index (χ0v) is 10.3. The molecule has 1 atom stereocenters. The summed E-state index contributed by atoms with van der Waals surface area (Å²) in [4.78, 5) is 16.6. The van der Waals surface area contributed by atoms with Gasteiger partial charge in [0, 0.05) is 7.05 Å². The second-order valence-corrected chi connectivity index (χ2v) is 3.67. The van der Waals surface area contributed by atoms with Gasteiger partial charge in [0.2, 0.25) is 5.91 Å². The lowest BCUT2D eigenvalue weighted by Crippen LogP contribution is -2.36. The average Bonchev–Trinajstić information content (AvgIpc) is 2.34. The molecule has 0 aliphatic heterocycles. The van der Waals surface area contributed by atoms with Gasteiger partial charge < -0.3 is 15.3 Å². The summed E-state index contributed by atoms with van der Waals surface area (Å²) < 4.78 is 0. The molecular formula is C12H18N2O3. The van der Waals surface area contributed by atoms with E-state index < -0.39 is 6.04 Å². The first-order valence-corrected chi connectivity index (χ1v) is 5.35. The summed E-state index contributed by atoms with van der Waals surface area (Å²) >= 11 is 0. The van der Waals surface area contributed by atoms with E-state index in [1.807, 2.05) is 19.1 Å². The number of likely N-dealkylation sites (N-methyl/N-ethyl adjacent to an activating group) is 1. The molecule has 5 nitrogen and oxygen atoms in total. The third-order valence-electron chi connectivity index (χ3n) is 2.66. The number of carbonyl (C=O) groups is 1. The van der Waals surface area contributed by atoms with Crippen LogP contribution < -0.4 is 10.8 Å². The highest BCUT2D eigenvalue weighted by Crippen LogP contribution is 2.21. The number of benzene rings is 1. The van der Waals surface area contributed by atoms with Gasteiger partial charge in [-0.05, 0) is 23.6 Å². The van der Waals surface area contributed by atoms with E-state index in [0.717, 1.165) is 11.1 Å². The maximum absolute atomic E-state index is 11.7. The van der Waals surface area contributed by atoms with E-state index >= 15 is 0 Å². The van der Waals surface area contributed by atoms with Gasteiger partial charge in [-0.3, -0.25) is 4.79 Å². The van der Waals surface area contributed by atoms with Crippen LogP contribution >= 0.6 is 0 Å². The Bertz CT molecular complexity index is 393. The van der Waals surface area contributed by atoms with Crippen molar-refractivity contribution < 1.29 is 14.7 Å². The molecule has 3 N–H and O–H groups in total. The molecule has 0 fully saturated rings. The Hall–Kier alpha value is -1.43. The summed E-state index contributed by atoms with van der Waals surface area (Å²) in [5.74, 6) is -0.216. The summed E-state index contributed by atoms with van der Waals surface area (Å²) in [6, 6.07) is 4.90. The van der Waals surface area contributed by atoms with Crippen molar-refractivity contribution in [1.82, 2.24) is 10.8 Å². The minimum atomic E-state index is -0.632. The van der Waals surface area contributed by atoms with E-state index in [1.165, 1.54) is 7.11 Å². The lowest BCUT2D eigenvalue weighted by Gasteiger charge is -2.19. The predicted molar refractivity (Wildman–Crippen MR) is 64.1 cm³/mol. The van der Waals surface area contributed by atoms with E-state index in [9.17, 15) is 9.90 Å². The third kappa shape index (κ3) is 3.03. The zero-order chi connectivity index (χ0) is 12.8. The van der Waals surface area contributed by atoms with Gasteiger partial charge >= 0.3 is 0 Å². The molecule has 1 rings (SSSR count). The summed E-state index contributed by atoms with van der Waals surface area (Å²) in [5.41, 5.74) is 5.03. The fraction of sp³-hybridized carbons (Fsp3) is 0.417. The fourth-order valence-electron chi connectivity index (χ4n) is 1.73. The van der Waals surface area contributed by atoms with Crippen LogP contribution in [0.5, 0.6) is 0 Å². The van der Waals surface area contributed by atoms with Crippen molar-refractivity contribution in [3.8, 4) is 0 Å². The van der Waals surface area contributed by atoms with Crippen LogP contribution in [0.25, 0.3) is 0 Å². The Kier molecular flexibility index (Phi) is 5.09. The van der Waals surface area contributed by atoms with Gasteiger partial charge in [-0.1, -0.05) is 18.2 Å². The number of amides is 1. The molecule has 0 bridgehead atoms. The summed E-state index contributed by atoms with van der Waals surface area (Å²) in [6.45, 7) is 1.78. The quantitative estimate of drug-likeness (QED) is 0.650. The lowest BCUT2D eigenvalue weighted by atomic mass is 9.96. The molecule has 1 aromatic rings. The van der Waals surface area contributed by atoms with Gasteiger partial charge in [0.15, 0.2) is 0 Å². The molecule has 0 saturated heterocycles. The summed E-state index contributed by atoms with van der Waals surface area (Å²) in [5, 5.41) is 11.9.